The van der Waals surface area contributed by atoms with Gasteiger partial charge in [-0.25, -0.2) is 0 Å². The van der Waals surface area contributed by atoms with Gasteiger partial charge in [0.15, 0.2) is 0 Å². The van der Waals surface area contributed by atoms with Crippen molar-refractivity contribution in [1.29, 1.82) is 0 Å². The van der Waals surface area contributed by atoms with Gasteiger partial charge in [0, 0.05) is 5.41 Å². The lowest BCUT2D eigenvalue weighted by molar-refractivity contribution is 0.0114. The van der Waals surface area contributed by atoms with Crippen molar-refractivity contribution in [2.24, 2.45) is 17.3 Å². The van der Waals surface area contributed by atoms with E-state index in [4.69, 9.17) is 4.74 Å². The van der Waals surface area contributed by atoms with Gasteiger partial charge in [-0.1, -0.05) is 24.3 Å². The van der Waals surface area contributed by atoms with Gasteiger partial charge in [0.25, 0.3) is 0 Å². The molecule has 13 heavy (non-hydrogen) atoms. The Kier molecular flexibility index (Phi) is 1.49. The molecule has 3 aliphatic rings. The van der Waals surface area contributed by atoms with Crippen LogP contribution in [0.3, 0.4) is 0 Å². The van der Waals surface area contributed by atoms with Crippen LogP contribution in [0.4, 0.5) is 0 Å². The van der Waals surface area contributed by atoms with Crippen molar-refractivity contribution in [3.8, 4) is 0 Å². The molecule has 0 amide bonds. The first kappa shape index (κ1) is 7.81. The quantitative estimate of drug-likeness (QED) is 0.515. The van der Waals surface area contributed by atoms with E-state index in [1.54, 1.807) is 0 Å². The summed E-state index contributed by atoms with van der Waals surface area (Å²) >= 11 is 0. The fourth-order valence-electron chi connectivity index (χ4n) is 3.46. The Bertz CT molecular complexity index is 263. The van der Waals surface area contributed by atoms with Crippen molar-refractivity contribution >= 4 is 0 Å². The molecule has 0 radical (unpaired) electrons. The predicted molar refractivity (Wildman–Crippen MR) is 52.4 cm³/mol. The van der Waals surface area contributed by atoms with Crippen LogP contribution in [0.15, 0.2) is 24.3 Å². The van der Waals surface area contributed by atoms with Gasteiger partial charge in [0.1, 0.15) is 0 Å². The van der Waals surface area contributed by atoms with Crippen molar-refractivity contribution in [3.63, 3.8) is 0 Å². The zero-order valence-electron chi connectivity index (χ0n) is 7.96. The molecule has 1 nitrogen and oxygen atoms in total. The average molecular weight is 176 g/mol. The molecule has 3 atom stereocenters. The Labute approximate surface area is 79.5 Å². The number of hydrogen-bond donors (Lipinski definition) is 0. The molecule has 1 spiro atoms. The fourth-order valence-corrected chi connectivity index (χ4v) is 3.46. The van der Waals surface area contributed by atoms with Crippen molar-refractivity contribution in [2.45, 2.75) is 19.3 Å². The van der Waals surface area contributed by atoms with E-state index < -0.39 is 0 Å². The van der Waals surface area contributed by atoms with E-state index >= 15 is 0 Å². The van der Waals surface area contributed by atoms with Gasteiger partial charge in [-0.05, 0) is 31.1 Å². The smallest absolute Gasteiger partial charge is 0.0571 e. The van der Waals surface area contributed by atoms with Gasteiger partial charge >= 0.3 is 0 Å². The van der Waals surface area contributed by atoms with Crippen molar-refractivity contribution in [2.75, 3.05) is 13.2 Å². The van der Waals surface area contributed by atoms with E-state index in [1.165, 1.54) is 18.4 Å². The van der Waals surface area contributed by atoms with Crippen molar-refractivity contribution < 1.29 is 4.74 Å². The first-order valence-electron chi connectivity index (χ1n) is 5.28. The molecule has 1 saturated heterocycles. The highest BCUT2D eigenvalue weighted by atomic mass is 16.5. The Hall–Kier alpha value is -0.560. The Balaban J connectivity index is 2.00. The molecule has 1 heterocycles. The third-order valence-electron chi connectivity index (χ3n) is 4.24. The second-order valence-electron chi connectivity index (χ2n) is 4.62. The van der Waals surface area contributed by atoms with Crippen LogP contribution in [-0.2, 0) is 4.74 Å². The summed E-state index contributed by atoms with van der Waals surface area (Å²) in [5, 5.41) is 0. The zero-order chi connectivity index (χ0) is 8.89. The molecule has 1 aliphatic heterocycles. The summed E-state index contributed by atoms with van der Waals surface area (Å²) in [5.41, 5.74) is 1.79. The van der Waals surface area contributed by atoms with Crippen LogP contribution in [0.5, 0.6) is 0 Å². The molecule has 2 fully saturated rings. The summed E-state index contributed by atoms with van der Waals surface area (Å²) < 4.78 is 5.66. The number of hydrogen-bond acceptors (Lipinski definition) is 1. The van der Waals surface area contributed by atoms with Gasteiger partial charge < -0.3 is 4.74 Å². The molecular weight excluding hydrogens is 160 g/mol. The lowest BCUT2D eigenvalue weighted by Crippen LogP contribution is -2.38. The average Bonchev–Trinajstić information content (AvgIpc) is 2.67. The third-order valence-corrected chi connectivity index (χ3v) is 4.24. The highest BCUT2D eigenvalue weighted by Gasteiger charge is 2.53. The lowest BCUT2D eigenvalue weighted by atomic mass is 9.69. The van der Waals surface area contributed by atoms with Gasteiger partial charge in [-0.2, -0.15) is 0 Å². The minimum absolute atomic E-state index is 0.332. The van der Waals surface area contributed by atoms with E-state index in [0.717, 1.165) is 31.5 Å². The van der Waals surface area contributed by atoms with Crippen LogP contribution in [0, 0.1) is 17.3 Å². The minimum atomic E-state index is 0.332. The van der Waals surface area contributed by atoms with Crippen LogP contribution in [-0.4, -0.2) is 13.2 Å². The van der Waals surface area contributed by atoms with Gasteiger partial charge in [0.05, 0.1) is 13.2 Å². The highest BCUT2D eigenvalue weighted by Crippen LogP contribution is 2.59. The lowest BCUT2D eigenvalue weighted by Gasteiger charge is -2.40. The Morgan fingerprint density at radius 3 is 2.54 bits per heavy atom. The number of ether oxygens (including phenoxy) is 1. The summed E-state index contributed by atoms with van der Waals surface area (Å²) in [4.78, 5) is 0. The molecule has 2 aliphatic carbocycles. The van der Waals surface area contributed by atoms with Crippen LogP contribution in [0.2, 0.25) is 0 Å². The summed E-state index contributed by atoms with van der Waals surface area (Å²) in [7, 11) is 0. The maximum absolute atomic E-state index is 5.66. The summed E-state index contributed by atoms with van der Waals surface area (Å²) in [6.07, 6.45) is 8.57. The fraction of sp³-hybridized carbons (Fsp3) is 0.667. The molecule has 1 heteroatoms. The van der Waals surface area contributed by atoms with Crippen LogP contribution in [0.1, 0.15) is 19.3 Å². The normalized spacial score (nSPS) is 47.8. The van der Waals surface area contributed by atoms with Crippen LogP contribution in [0.25, 0.3) is 0 Å². The Morgan fingerprint density at radius 1 is 1.31 bits per heavy atom. The highest BCUT2D eigenvalue weighted by molar-refractivity contribution is 5.30. The largest absolute Gasteiger partial charge is 0.380 e. The molecule has 1 saturated carbocycles. The summed E-state index contributed by atoms with van der Waals surface area (Å²) in [6, 6.07) is 0. The SMILES string of the molecule is C=C1CCOCC12[C@@H]1C=C[C@H]2CC1. The number of rotatable bonds is 0. The van der Waals surface area contributed by atoms with E-state index in [2.05, 4.69) is 18.7 Å². The van der Waals surface area contributed by atoms with Crippen molar-refractivity contribution in [1.82, 2.24) is 0 Å². The predicted octanol–water partition coefficient (Wildman–Crippen LogP) is 2.55. The molecule has 3 rings (SSSR count). The van der Waals surface area contributed by atoms with Gasteiger partial charge in [-0.3, -0.25) is 0 Å². The van der Waals surface area contributed by atoms with Crippen LogP contribution >= 0.6 is 0 Å². The standard InChI is InChI=1S/C12H16O/c1-9-6-7-13-8-12(9)10-2-3-11(12)5-4-10/h2-3,10-11H,1,4-8H2/t10-,11+,12?. The minimum Gasteiger partial charge on any atom is -0.380 e. The molecule has 0 aromatic carbocycles. The van der Waals surface area contributed by atoms with E-state index in [0.29, 0.717) is 5.41 Å². The summed E-state index contributed by atoms with van der Waals surface area (Å²) in [5.74, 6) is 1.48. The van der Waals surface area contributed by atoms with Crippen molar-refractivity contribution in [3.05, 3.63) is 24.3 Å². The van der Waals surface area contributed by atoms with E-state index in [1.807, 2.05) is 0 Å². The molecule has 1 unspecified atom stereocenters. The maximum atomic E-state index is 5.66. The van der Waals surface area contributed by atoms with Gasteiger partial charge in [0.2, 0.25) is 0 Å². The second-order valence-corrected chi connectivity index (χ2v) is 4.62. The maximum Gasteiger partial charge on any atom is 0.0571 e. The molecule has 0 N–H and O–H groups in total. The molecule has 0 aromatic heterocycles. The zero-order valence-corrected chi connectivity index (χ0v) is 7.96. The first-order chi connectivity index (χ1) is 6.34. The molecular formula is C12H16O. The second kappa shape index (κ2) is 2.48. The van der Waals surface area contributed by atoms with Crippen LogP contribution < -0.4 is 0 Å². The van der Waals surface area contributed by atoms with E-state index in [-0.39, 0.29) is 0 Å². The molecule has 2 bridgehead atoms. The van der Waals surface area contributed by atoms with Gasteiger partial charge in [-0.15, -0.1) is 0 Å². The topological polar surface area (TPSA) is 9.23 Å². The van der Waals surface area contributed by atoms with E-state index in [9.17, 15) is 0 Å². The summed E-state index contributed by atoms with van der Waals surface area (Å²) in [6.45, 7) is 6.08. The Morgan fingerprint density at radius 2 is 2.00 bits per heavy atom. The molecule has 70 valence electrons. The third kappa shape index (κ3) is 0.812. The number of allylic oxidation sites excluding steroid dienone is 2. The monoisotopic (exact) mass is 176 g/mol. The molecule has 0 aromatic rings. The first-order valence-corrected chi connectivity index (χ1v) is 5.28.